The van der Waals surface area contributed by atoms with E-state index in [2.05, 4.69) is 4.99 Å². The molecule has 0 heterocycles. The van der Waals surface area contributed by atoms with Gasteiger partial charge in [-0.3, -0.25) is 0 Å². The Hall–Kier alpha value is -1.11. The van der Waals surface area contributed by atoms with E-state index in [4.69, 9.17) is 11.6 Å². The molecule has 3 heteroatoms. The second-order valence-corrected chi connectivity index (χ2v) is 3.38. The molecule has 2 nitrogen and oxygen atoms in total. The van der Waals surface area contributed by atoms with Crippen LogP contribution in [0.5, 0.6) is 0 Å². The van der Waals surface area contributed by atoms with Gasteiger partial charge in [0.15, 0.2) is 0 Å². The number of isocyanates is 1. The molecule has 0 unspecified atom stereocenters. The van der Waals surface area contributed by atoms with Crippen molar-refractivity contribution in [2.24, 2.45) is 4.99 Å². The molecule has 0 saturated carbocycles. The molecular weight excluding hydrogens is 186 g/mol. The van der Waals surface area contributed by atoms with Gasteiger partial charge in [0.2, 0.25) is 6.08 Å². The lowest BCUT2D eigenvalue weighted by atomic mass is 10.1. The summed E-state index contributed by atoms with van der Waals surface area (Å²) in [7, 11) is 0. The van der Waals surface area contributed by atoms with Gasteiger partial charge in [0.25, 0.3) is 0 Å². The van der Waals surface area contributed by atoms with Crippen LogP contribution < -0.4 is 0 Å². The van der Waals surface area contributed by atoms with Gasteiger partial charge in [-0.05, 0) is 37.5 Å². The van der Waals surface area contributed by atoms with Crippen molar-refractivity contribution in [1.29, 1.82) is 0 Å². The fraction of sp³-hybridized carbons (Fsp3) is 0.300. The zero-order chi connectivity index (χ0) is 10.0. The monoisotopic (exact) mass is 195 g/mol. The number of hydrogen-bond acceptors (Lipinski definition) is 2. The van der Waals surface area contributed by atoms with Crippen molar-refractivity contribution in [1.82, 2.24) is 0 Å². The van der Waals surface area contributed by atoms with E-state index in [1.165, 1.54) is 6.08 Å². The Kier molecular flexibility index (Phi) is 2.86. The molecule has 0 saturated heterocycles. The summed E-state index contributed by atoms with van der Waals surface area (Å²) >= 11 is 6.00. The Morgan fingerprint density at radius 1 is 1.31 bits per heavy atom. The molecule has 0 amide bonds. The third-order valence-corrected chi connectivity index (χ3v) is 2.58. The number of aryl methyl sites for hydroxylation is 2. The van der Waals surface area contributed by atoms with Crippen LogP contribution in [-0.4, -0.2) is 6.08 Å². The Balaban J connectivity index is 3.52. The number of halogens is 1. The summed E-state index contributed by atoms with van der Waals surface area (Å²) in [5, 5.41) is 0.666. The van der Waals surface area contributed by atoms with E-state index in [1.54, 1.807) is 0 Å². The Morgan fingerprint density at radius 2 is 1.92 bits per heavy atom. The van der Waals surface area contributed by atoms with E-state index < -0.39 is 0 Å². The van der Waals surface area contributed by atoms with Crippen molar-refractivity contribution in [3.63, 3.8) is 0 Å². The van der Waals surface area contributed by atoms with Crippen LogP contribution in [0.1, 0.15) is 16.7 Å². The zero-order valence-corrected chi connectivity index (χ0v) is 8.57. The fourth-order valence-electron chi connectivity index (χ4n) is 1.37. The summed E-state index contributed by atoms with van der Waals surface area (Å²) in [6.07, 6.45) is 1.53. The maximum atomic E-state index is 10.1. The highest BCUT2D eigenvalue weighted by atomic mass is 35.5. The van der Waals surface area contributed by atoms with Crippen molar-refractivity contribution in [2.75, 3.05) is 0 Å². The molecule has 0 spiro atoms. The van der Waals surface area contributed by atoms with Crippen molar-refractivity contribution < 1.29 is 4.79 Å². The second kappa shape index (κ2) is 3.73. The van der Waals surface area contributed by atoms with Gasteiger partial charge in [-0.25, -0.2) is 4.79 Å². The Morgan fingerprint density at radius 3 is 2.46 bits per heavy atom. The third kappa shape index (κ3) is 1.80. The molecule has 0 radical (unpaired) electrons. The van der Waals surface area contributed by atoms with Gasteiger partial charge in [0.1, 0.15) is 0 Å². The number of nitrogens with zero attached hydrogens (tertiary/aromatic N) is 1. The minimum atomic E-state index is 0.630. The Bertz CT molecular complexity index is 392. The predicted molar refractivity (Wildman–Crippen MR) is 53.4 cm³/mol. The highest BCUT2D eigenvalue weighted by molar-refractivity contribution is 6.32. The summed E-state index contributed by atoms with van der Waals surface area (Å²) in [4.78, 5) is 13.8. The van der Waals surface area contributed by atoms with Crippen LogP contribution in [-0.2, 0) is 4.79 Å². The molecule has 68 valence electrons. The van der Waals surface area contributed by atoms with Crippen LogP contribution in [0.15, 0.2) is 11.1 Å². The van der Waals surface area contributed by atoms with Crippen LogP contribution in [0.3, 0.4) is 0 Å². The van der Waals surface area contributed by atoms with Gasteiger partial charge in [-0.15, -0.1) is 0 Å². The smallest absolute Gasteiger partial charge is 0.211 e. The second-order valence-electron chi connectivity index (χ2n) is 3.00. The molecule has 0 aliphatic carbocycles. The van der Waals surface area contributed by atoms with Crippen molar-refractivity contribution in [3.05, 3.63) is 27.8 Å². The lowest BCUT2D eigenvalue weighted by Gasteiger charge is -2.07. The van der Waals surface area contributed by atoms with E-state index in [0.717, 1.165) is 16.7 Å². The van der Waals surface area contributed by atoms with Gasteiger partial charge in [0.05, 0.1) is 5.69 Å². The van der Waals surface area contributed by atoms with Gasteiger partial charge < -0.3 is 0 Å². The topological polar surface area (TPSA) is 29.4 Å². The van der Waals surface area contributed by atoms with E-state index in [9.17, 15) is 4.79 Å². The first-order valence-corrected chi connectivity index (χ1v) is 4.30. The molecule has 0 aliphatic rings. The normalized spacial score (nSPS) is 9.54. The van der Waals surface area contributed by atoms with Gasteiger partial charge in [-0.2, -0.15) is 4.99 Å². The SMILES string of the molecule is Cc1cc(C)c(N=C=O)c(C)c1Cl. The summed E-state index contributed by atoms with van der Waals surface area (Å²) in [6.45, 7) is 5.67. The first-order valence-electron chi connectivity index (χ1n) is 3.92. The number of hydrogen-bond donors (Lipinski definition) is 0. The minimum absolute atomic E-state index is 0.630. The first-order chi connectivity index (χ1) is 6.07. The van der Waals surface area contributed by atoms with E-state index in [0.29, 0.717) is 10.7 Å². The summed E-state index contributed by atoms with van der Waals surface area (Å²) in [5.74, 6) is 0. The lowest BCUT2D eigenvalue weighted by Crippen LogP contribution is -1.86. The van der Waals surface area contributed by atoms with Crippen molar-refractivity contribution >= 4 is 23.4 Å². The molecule has 0 aromatic heterocycles. The lowest BCUT2D eigenvalue weighted by molar-refractivity contribution is 0.565. The predicted octanol–water partition coefficient (Wildman–Crippen LogP) is 3.23. The van der Waals surface area contributed by atoms with Gasteiger partial charge in [0, 0.05) is 5.02 Å². The maximum Gasteiger partial charge on any atom is 0.240 e. The van der Waals surface area contributed by atoms with Crippen LogP contribution in [0.2, 0.25) is 5.02 Å². The average molecular weight is 196 g/mol. The molecule has 1 rings (SSSR count). The molecular formula is C10H10ClNO. The van der Waals surface area contributed by atoms with Crippen molar-refractivity contribution in [2.45, 2.75) is 20.8 Å². The highest BCUT2D eigenvalue weighted by Gasteiger charge is 2.07. The number of aliphatic imine (C=N–C) groups is 1. The molecule has 1 aromatic carbocycles. The molecule has 13 heavy (non-hydrogen) atoms. The molecule has 1 aromatic rings. The van der Waals surface area contributed by atoms with E-state index >= 15 is 0 Å². The largest absolute Gasteiger partial charge is 0.240 e. The van der Waals surface area contributed by atoms with Crippen LogP contribution in [0.25, 0.3) is 0 Å². The maximum absolute atomic E-state index is 10.1. The molecule has 0 N–H and O–H groups in total. The third-order valence-electron chi connectivity index (χ3n) is 1.99. The van der Waals surface area contributed by atoms with Crippen LogP contribution in [0, 0.1) is 20.8 Å². The van der Waals surface area contributed by atoms with Gasteiger partial charge >= 0.3 is 0 Å². The quantitative estimate of drug-likeness (QED) is 0.500. The van der Waals surface area contributed by atoms with Gasteiger partial charge in [-0.1, -0.05) is 17.7 Å². The van der Waals surface area contributed by atoms with E-state index in [-0.39, 0.29) is 0 Å². The number of carbonyl (C=O) groups excluding carboxylic acids is 1. The summed E-state index contributed by atoms with van der Waals surface area (Å²) in [5.41, 5.74) is 3.41. The average Bonchev–Trinajstić information content (AvgIpc) is 2.09. The van der Waals surface area contributed by atoms with Crippen LogP contribution >= 0.6 is 11.6 Å². The standard InChI is InChI=1S/C10H10ClNO/c1-6-4-7(2)10(12-5-13)8(3)9(6)11/h4H,1-3H3. The highest BCUT2D eigenvalue weighted by Crippen LogP contribution is 2.31. The number of rotatable bonds is 1. The van der Waals surface area contributed by atoms with E-state index in [1.807, 2.05) is 26.8 Å². The molecule has 0 bridgehead atoms. The molecule has 0 fully saturated rings. The van der Waals surface area contributed by atoms with Crippen molar-refractivity contribution in [3.8, 4) is 0 Å². The minimum Gasteiger partial charge on any atom is -0.211 e. The zero-order valence-electron chi connectivity index (χ0n) is 7.81. The number of benzene rings is 1. The van der Waals surface area contributed by atoms with Crippen LogP contribution in [0.4, 0.5) is 5.69 Å². The summed E-state index contributed by atoms with van der Waals surface area (Å²) < 4.78 is 0. The first kappa shape index (κ1) is 9.97. The summed E-state index contributed by atoms with van der Waals surface area (Å²) in [6, 6.07) is 1.91. The fourth-order valence-corrected chi connectivity index (χ4v) is 1.51. The Labute approximate surface area is 82.3 Å². The molecule has 0 aliphatic heterocycles. The molecule has 0 atom stereocenters.